The number of aromatic amines is 1. The molecule has 0 atom stereocenters. The Morgan fingerprint density at radius 2 is 2.09 bits per heavy atom. The summed E-state index contributed by atoms with van der Waals surface area (Å²) in [4.78, 5) is 3.94. The average molecular weight is 188 g/mol. The van der Waals surface area contributed by atoms with Gasteiger partial charge in [-0.2, -0.15) is 5.10 Å². The quantitative estimate of drug-likeness (QED) is 0.644. The van der Waals surface area contributed by atoms with Crippen molar-refractivity contribution >= 4 is 34.2 Å². The Balaban J connectivity index is 2.86. The molecule has 0 radical (unpaired) electrons. The minimum Gasteiger partial charge on any atom is -0.264 e. The Bertz CT molecular complexity index is 396. The van der Waals surface area contributed by atoms with Crippen LogP contribution in [-0.4, -0.2) is 15.2 Å². The molecule has 0 spiro atoms. The van der Waals surface area contributed by atoms with Gasteiger partial charge in [-0.3, -0.25) is 5.10 Å². The fraction of sp³-hybridized carbons (Fsp3) is 0. The van der Waals surface area contributed by atoms with Gasteiger partial charge >= 0.3 is 0 Å². The summed E-state index contributed by atoms with van der Waals surface area (Å²) < 4.78 is 0. The number of halogens is 2. The molecular weight excluding hydrogens is 185 g/mol. The van der Waals surface area contributed by atoms with Crippen molar-refractivity contribution in [3.8, 4) is 0 Å². The lowest BCUT2D eigenvalue weighted by molar-refractivity contribution is 1.10. The molecule has 2 aromatic rings. The molecule has 0 fully saturated rings. The van der Waals surface area contributed by atoms with Crippen LogP contribution in [0.4, 0.5) is 0 Å². The molecule has 5 heteroatoms. The van der Waals surface area contributed by atoms with E-state index in [9.17, 15) is 0 Å². The number of fused-ring (bicyclic) bond motifs is 1. The second kappa shape index (κ2) is 2.36. The number of hydrogen-bond donors (Lipinski definition) is 1. The maximum atomic E-state index is 5.72. The minimum atomic E-state index is 0.417. The molecule has 2 aromatic heterocycles. The molecule has 0 aliphatic carbocycles. The molecule has 0 aliphatic heterocycles. The first-order valence-electron chi connectivity index (χ1n) is 2.93. The second-order valence-corrected chi connectivity index (χ2v) is 2.81. The van der Waals surface area contributed by atoms with E-state index in [1.54, 1.807) is 12.1 Å². The molecule has 2 rings (SSSR count). The highest BCUT2D eigenvalue weighted by molar-refractivity contribution is 6.34. The molecule has 0 aromatic carbocycles. The van der Waals surface area contributed by atoms with Crippen molar-refractivity contribution in [1.29, 1.82) is 0 Å². The molecule has 0 aliphatic rings. The van der Waals surface area contributed by atoms with Crippen LogP contribution in [0.25, 0.3) is 11.0 Å². The summed E-state index contributed by atoms with van der Waals surface area (Å²) in [6.07, 6.45) is 0. The lowest BCUT2D eigenvalue weighted by Gasteiger charge is -1.87. The molecule has 0 bridgehead atoms. The maximum Gasteiger partial charge on any atom is 0.183 e. The predicted octanol–water partition coefficient (Wildman–Crippen LogP) is 2.26. The minimum absolute atomic E-state index is 0.417. The number of H-pyrrole nitrogens is 1. The summed E-state index contributed by atoms with van der Waals surface area (Å²) in [5, 5.41) is 8.12. The summed E-state index contributed by atoms with van der Waals surface area (Å²) in [6, 6.07) is 3.45. The van der Waals surface area contributed by atoms with Crippen molar-refractivity contribution in [2.45, 2.75) is 0 Å². The van der Waals surface area contributed by atoms with Gasteiger partial charge in [0, 0.05) is 0 Å². The normalized spacial score (nSPS) is 10.7. The van der Waals surface area contributed by atoms with Gasteiger partial charge in [-0.25, -0.2) is 4.98 Å². The van der Waals surface area contributed by atoms with Gasteiger partial charge in [-0.1, -0.05) is 23.2 Å². The van der Waals surface area contributed by atoms with Crippen LogP contribution in [-0.2, 0) is 0 Å². The van der Waals surface area contributed by atoms with Crippen LogP contribution >= 0.6 is 23.2 Å². The summed E-state index contributed by atoms with van der Waals surface area (Å²) in [6.45, 7) is 0. The lowest BCUT2D eigenvalue weighted by Crippen LogP contribution is -1.75. The van der Waals surface area contributed by atoms with E-state index in [0.29, 0.717) is 16.0 Å². The van der Waals surface area contributed by atoms with Crippen LogP contribution < -0.4 is 0 Å². The van der Waals surface area contributed by atoms with Crippen molar-refractivity contribution in [3.63, 3.8) is 0 Å². The van der Waals surface area contributed by atoms with Gasteiger partial charge < -0.3 is 0 Å². The van der Waals surface area contributed by atoms with Gasteiger partial charge in [0.2, 0.25) is 0 Å². The van der Waals surface area contributed by atoms with Gasteiger partial charge in [-0.05, 0) is 12.1 Å². The molecule has 0 saturated heterocycles. The summed E-state index contributed by atoms with van der Waals surface area (Å²) in [5.74, 6) is 0. The van der Waals surface area contributed by atoms with Crippen LogP contribution in [0.1, 0.15) is 0 Å². The van der Waals surface area contributed by atoms with Crippen molar-refractivity contribution in [3.05, 3.63) is 22.4 Å². The fourth-order valence-corrected chi connectivity index (χ4v) is 1.18. The summed E-state index contributed by atoms with van der Waals surface area (Å²) >= 11 is 11.3. The van der Waals surface area contributed by atoms with Crippen molar-refractivity contribution < 1.29 is 0 Å². The highest BCUT2D eigenvalue weighted by Crippen LogP contribution is 2.19. The Hall–Kier alpha value is -0.800. The monoisotopic (exact) mass is 187 g/mol. The van der Waals surface area contributed by atoms with Crippen molar-refractivity contribution in [2.24, 2.45) is 0 Å². The first-order chi connectivity index (χ1) is 5.27. The third kappa shape index (κ3) is 1.06. The third-order valence-corrected chi connectivity index (χ3v) is 1.84. The van der Waals surface area contributed by atoms with Gasteiger partial charge in [0.05, 0.1) is 5.39 Å². The molecule has 11 heavy (non-hydrogen) atoms. The first-order valence-corrected chi connectivity index (χ1v) is 3.69. The summed E-state index contributed by atoms with van der Waals surface area (Å²) in [5.41, 5.74) is 0.544. The highest BCUT2D eigenvalue weighted by Gasteiger charge is 2.02. The van der Waals surface area contributed by atoms with Crippen LogP contribution in [0, 0.1) is 0 Å². The SMILES string of the molecule is Clc1ccc2c(Cl)[nH]nc2n1. The maximum absolute atomic E-state index is 5.72. The predicted molar refractivity (Wildman–Crippen MR) is 43.9 cm³/mol. The molecule has 0 amide bonds. The molecule has 3 nitrogen and oxygen atoms in total. The number of aromatic nitrogens is 3. The molecule has 2 heterocycles. The average Bonchev–Trinajstić information content (AvgIpc) is 2.32. The van der Waals surface area contributed by atoms with E-state index in [2.05, 4.69) is 15.2 Å². The van der Waals surface area contributed by atoms with Crippen LogP contribution in [0.2, 0.25) is 10.3 Å². The van der Waals surface area contributed by atoms with Crippen LogP contribution in [0.15, 0.2) is 12.1 Å². The standard InChI is InChI=1S/C6H3Cl2N3/c7-4-2-1-3-5(8)10-11-6(3)9-4/h1-2H,(H,9,10,11). The third-order valence-electron chi connectivity index (χ3n) is 1.34. The summed E-state index contributed by atoms with van der Waals surface area (Å²) in [7, 11) is 0. The van der Waals surface area contributed by atoms with E-state index in [1.165, 1.54) is 0 Å². The van der Waals surface area contributed by atoms with Gasteiger partial charge in [0.25, 0.3) is 0 Å². The molecule has 0 unspecified atom stereocenters. The Kier molecular flexibility index (Phi) is 1.47. The van der Waals surface area contributed by atoms with Crippen molar-refractivity contribution in [1.82, 2.24) is 15.2 Å². The Labute approximate surface area is 72.3 Å². The van der Waals surface area contributed by atoms with E-state index in [-0.39, 0.29) is 0 Å². The zero-order chi connectivity index (χ0) is 7.84. The zero-order valence-corrected chi connectivity index (χ0v) is 6.82. The van der Waals surface area contributed by atoms with E-state index in [4.69, 9.17) is 23.2 Å². The van der Waals surface area contributed by atoms with Crippen LogP contribution in [0.3, 0.4) is 0 Å². The number of rotatable bonds is 0. The fourth-order valence-electron chi connectivity index (χ4n) is 0.844. The highest BCUT2D eigenvalue weighted by atomic mass is 35.5. The molecular formula is C6H3Cl2N3. The number of nitrogens with zero attached hydrogens (tertiary/aromatic N) is 2. The van der Waals surface area contributed by atoms with Crippen LogP contribution in [0.5, 0.6) is 0 Å². The molecule has 1 N–H and O–H groups in total. The van der Waals surface area contributed by atoms with Gasteiger partial charge in [-0.15, -0.1) is 0 Å². The van der Waals surface area contributed by atoms with E-state index >= 15 is 0 Å². The second-order valence-electron chi connectivity index (χ2n) is 2.04. The number of pyridine rings is 1. The largest absolute Gasteiger partial charge is 0.264 e. The lowest BCUT2D eigenvalue weighted by atomic mass is 10.4. The zero-order valence-electron chi connectivity index (χ0n) is 5.31. The van der Waals surface area contributed by atoms with Crippen molar-refractivity contribution in [2.75, 3.05) is 0 Å². The number of hydrogen-bond acceptors (Lipinski definition) is 2. The van der Waals surface area contributed by atoms with Gasteiger partial charge in [0.15, 0.2) is 5.65 Å². The van der Waals surface area contributed by atoms with Gasteiger partial charge in [0.1, 0.15) is 10.3 Å². The van der Waals surface area contributed by atoms with E-state index < -0.39 is 0 Å². The Morgan fingerprint density at radius 3 is 2.91 bits per heavy atom. The molecule has 56 valence electrons. The van der Waals surface area contributed by atoms with E-state index in [0.717, 1.165) is 5.39 Å². The Morgan fingerprint density at radius 1 is 1.27 bits per heavy atom. The van der Waals surface area contributed by atoms with E-state index in [1.807, 2.05) is 0 Å². The molecule has 0 saturated carbocycles. The smallest absolute Gasteiger partial charge is 0.183 e. The topological polar surface area (TPSA) is 41.6 Å². The number of nitrogens with one attached hydrogen (secondary N) is 1. The first kappa shape index (κ1) is 6.88.